The molecule has 0 aliphatic heterocycles. The summed E-state index contributed by atoms with van der Waals surface area (Å²) >= 11 is 11.8. The van der Waals surface area contributed by atoms with Crippen LogP contribution in [0.1, 0.15) is 0 Å². The molecular formula is C12H8Cl2F2N2. The molecule has 2 aromatic carbocycles. The first kappa shape index (κ1) is 12.9. The fraction of sp³-hybridized carbons (Fsp3) is 0. The molecule has 3 N–H and O–H groups in total. The van der Waals surface area contributed by atoms with E-state index in [4.69, 9.17) is 28.9 Å². The van der Waals surface area contributed by atoms with Gasteiger partial charge in [-0.25, -0.2) is 8.78 Å². The van der Waals surface area contributed by atoms with Gasteiger partial charge in [-0.3, -0.25) is 0 Å². The first-order chi connectivity index (χ1) is 8.49. The molecule has 0 amide bonds. The second-order valence-electron chi connectivity index (χ2n) is 3.58. The van der Waals surface area contributed by atoms with E-state index in [0.717, 1.165) is 12.1 Å². The number of nitrogen functional groups attached to an aromatic ring is 1. The summed E-state index contributed by atoms with van der Waals surface area (Å²) in [7, 11) is 0. The minimum atomic E-state index is -0.737. The van der Waals surface area contributed by atoms with Gasteiger partial charge < -0.3 is 11.1 Å². The van der Waals surface area contributed by atoms with E-state index in [1.807, 2.05) is 0 Å². The average Bonchev–Trinajstić information content (AvgIpc) is 2.26. The number of para-hydroxylation sites is 1. The van der Waals surface area contributed by atoms with Gasteiger partial charge in [0.15, 0.2) is 0 Å². The highest BCUT2D eigenvalue weighted by atomic mass is 35.5. The zero-order valence-electron chi connectivity index (χ0n) is 8.98. The number of rotatable bonds is 2. The molecule has 2 aromatic rings. The zero-order chi connectivity index (χ0) is 13.3. The Morgan fingerprint density at radius 1 is 0.944 bits per heavy atom. The molecule has 0 aliphatic rings. The number of nitrogens with two attached hydrogens (primary N) is 1. The summed E-state index contributed by atoms with van der Waals surface area (Å²) in [4.78, 5) is 0. The molecule has 0 heterocycles. The highest BCUT2D eigenvalue weighted by Crippen LogP contribution is 2.36. The summed E-state index contributed by atoms with van der Waals surface area (Å²) in [6.07, 6.45) is 0. The molecule has 0 aromatic heterocycles. The van der Waals surface area contributed by atoms with E-state index in [2.05, 4.69) is 5.32 Å². The van der Waals surface area contributed by atoms with Gasteiger partial charge in [-0.15, -0.1) is 0 Å². The summed E-state index contributed by atoms with van der Waals surface area (Å²) in [6, 6.07) is 6.40. The van der Waals surface area contributed by atoms with Gasteiger partial charge in [-0.05, 0) is 24.3 Å². The van der Waals surface area contributed by atoms with Crippen molar-refractivity contribution < 1.29 is 8.78 Å². The third kappa shape index (κ3) is 2.49. The van der Waals surface area contributed by atoms with Crippen molar-refractivity contribution in [2.75, 3.05) is 11.1 Å². The van der Waals surface area contributed by atoms with E-state index >= 15 is 0 Å². The topological polar surface area (TPSA) is 38.0 Å². The maximum absolute atomic E-state index is 13.5. The van der Waals surface area contributed by atoms with E-state index in [1.54, 1.807) is 0 Å². The Labute approximate surface area is 112 Å². The molecule has 2 rings (SSSR count). The van der Waals surface area contributed by atoms with Crippen LogP contribution in [-0.2, 0) is 0 Å². The van der Waals surface area contributed by atoms with Crippen LogP contribution in [-0.4, -0.2) is 0 Å². The molecule has 0 bridgehead atoms. The molecule has 94 valence electrons. The van der Waals surface area contributed by atoms with Gasteiger partial charge in [-0.1, -0.05) is 29.3 Å². The van der Waals surface area contributed by atoms with Crippen molar-refractivity contribution in [3.05, 3.63) is 52.0 Å². The van der Waals surface area contributed by atoms with Crippen LogP contribution in [0.5, 0.6) is 0 Å². The smallest absolute Gasteiger partial charge is 0.149 e. The van der Waals surface area contributed by atoms with Gasteiger partial charge in [0.1, 0.15) is 17.3 Å². The first-order valence-electron chi connectivity index (χ1n) is 4.94. The van der Waals surface area contributed by atoms with Crippen LogP contribution in [0.3, 0.4) is 0 Å². The van der Waals surface area contributed by atoms with Crippen LogP contribution < -0.4 is 11.1 Å². The van der Waals surface area contributed by atoms with Crippen molar-refractivity contribution in [2.24, 2.45) is 0 Å². The summed E-state index contributed by atoms with van der Waals surface area (Å²) in [5.74, 6) is -1.47. The Kier molecular flexibility index (Phi) is 3.59. The maximum Gasteiger partial charge on any atom is 0.149 e. The Hall–Kier alpha value is -1.52. The molecule has 0 saturated heterocycles. The molecule has 0 spiro atoms. The highest BCUT2D eigenvalue weighted by molar-refractivity contribution is 6.39. The van der Waals surface area contributed by atoms with Gasteiger partial charge in [0.25, 0.3) is 0 Å². The Bertz CT molecular complexity index is 559. The molecule has 0 aliphatic carbocycles. The molecule has 0 radical (unpaired) electrons. The predicted molar refractivity (Wildman–Crippen MR) is 70.5 cm³/mol. The van der Waals surface area contributed by atoms with E-state index in [1.165, 1.54) is 18.2 Å². The third-order valence-electron chi connectivity index (χ3n) is 2.28. The van der Waals surface area contributed by atoms with Crippen molar-refractivity contribution in [1.82, 2.24) is 0 Å². The maximum atomic E-state index is 13.5. The van der Waals surface area contributed by atoms with Gasteiger partial charge in [0.2, 0.25) is 0 Å². The first-order valence-corrected chi connectivity index (χ1v) is 5.70. The molecule has 0 saturated carbocycles. The third-order valence-corrected chi connectivity index (χ3v) is 2.87. The molecular weight excluding hydrogens is 281 g/mol. The number of halogens is 4. The van der Waals surface area contributed by atoms with Crippen molar-refractivity contribution in [1.29, 1.82) is 0 Å². The summed E-state index contributed by atoms with van der Waals surface area (Å²) < 4.78 is 26.9. The lowest BCUT2D eigenvalue weighted by Gasteiger charge is -2.12. The van der Waals surface area contributed by atoms with Crippen molar-refractivity contribution >= 4 is 40.3 Å². The molecule has 18 heavy (non-hydrogen) atoms. The summed E-state index contributed by atoms with van der Waals surface area (Å²) in [6.45, 7) is 0. The van der Waals surface area contributed by atoms with Crippen molar-refractivity contribution in [3.8, 4) is 0 Å². The average molecular weight is 289 g/mol. The predicted octanol–water partition coefficient (Wildman–Crippen LogP) is 4.60. The zero-order valence-corrected chi connectivity index (χ0v) is 10.5. The van der Waals surface area contributed by atoms with Gasteiger partial charge >= 0.3 is 0 Å². The Morgan fingerprint density at radius 3 is 1.94 bits per heavy atom. The van der Waals surface area contributed by atoms with Crippen LogP contribution in [0.2, 0.25) is 10.0 Å². The second-order valence-corrected chi connectivity index (χ2v) is 4.40. The van der Waals surface area contributed by atoms with Crippen LogP contribution >= 0.6 is 23.2 Å². The van der Waals surface area contributed by atoms with Gasteiger partial charge in [-0.2, -0.15) is 0 Å². The minimum Gasteiger partial charge on any atom is -0.399 e. The van der Waals surface area contributed by atoms with Crippen molar-refractivity contribution in [3.63, 3.8) is 0 Å². The molecule has 0 atom stereocenters. The lowest BCUT2D eigenvalue weighted by molar-refractivity contribution is 0.591. The van der Waals surface area contributed by atoms with E-state index in [0.29, 0.717) is 5.69 Å². The summed E-state index contributed by atoms with van der Waals surface area (Å²) in [5, 5.41) is 2.90. The molecule has 6 heteroatoms. The summed E-state index contributed by atoms with van der Waals surface area (Å²) in [5.41, 5.74) is 5.79. The van der Waals surface area contributed by atoms with E-state index in [-0.39, 0.29) is 21.4 Å². The number of hydrogen-bond donors (Lipinski definition) is 2. The van der Waals surface area contributed by atoms with Crippen molar-refractivity contribution in [2.45, 2.75) is 0 Å². The number of anilines is 3. The quantitative estimate of drug-likeness (QED) is 0.793. The largest absolute Gasteiger partial charge is 0.399 e. The van der Waals surface area contributed by atoms with Crippen LogP contribution in [0.25, 0.3) is 0 Å². The number of hydrogen-bond acceptors (Lipinski definition) is 2. The second kappa shape index (κ2) is 5.00. The normalized spacial score (nSPS) is 10.4. The standard InChI is InChI=1S/C12H8Cl2F2N2/c13-7-4-6(17)5-8(14)11(7)18-12-9(15)2-1-3-10(12)16/h1-5,18H,17H2. The molecule has 0 fully saturated rings. The van der Waals surface area contributed by atoms with Gasteiger partial charge in [0.05, 0.1) is 15.7 Å². The SMILES string of the molecule is Nc1cc(Cl)c(Nc2c(F)cccc2F)c(Cl)c1. The minimum absolute atomic E-state index is 0.183. The van der Waals surface area contributed by atoms with Crippen LogP contribution in [0, 0.1) is 11.6 Å². The number of nitrogens with one attached hydrogen (secondary N) is 1. The van der Waals surface area contributed by atoms with Crippen LogP contribution in [0.4, 0.5) is 25.8 Å². The molecule has 2 nitrogen and oxygen atoms in total. The van der Waals surface area contributed by atoms with E-state index in [9.17, 15) is 8.78 Å². The fourth-order valence-corrected chi connectivity index (χ4v) is 2.05. The Morgan fingerprint density at radius 2 is 1.44 bits per heavy atom. The van der Waals surface area contributed by atoms with Crippen LogP contribution in [0.15, 0.2) is 30.3 Å². The monoisotopic (exact) mass is 288 g/mol. The highest BCUT2D eigenvalue weighted by Gasteiger charge is 2.13. The van der Waals surface area contributed by atoms with E-state index < -0.39 is 11.6 Å². The molecule has 0 unspecified atom stereocenters. The van der Waals surface area contributed by atoms with Gasteiger partial charge in [0, 0.05) is 5.69 Å². The fourth-order valence-electron chi connectivity index (χ4n) is 1.45. The Balaban J connectivity index is 2.47. The lowest BCUT2D eigenvalue weighted by Crippen LogP contribution is -1.99. The lowest BCUT2D eigenvalue weighted by atomic mass is 10.2. The number of benzene rings is 2.